The Morgan fingerprint density at radius 2 is 2.00 bits per heavy atom. The molecule has 5 N–H and O–H groups in total. The Labute approximate surface area is 96.7 Å². The highest BCUT2D eigenvalue weighted by Gasteiger charge is 2.02. The quantitative estimate of drug-likeness (QED) is 0.331. The van der Waals surface area contributed by atoms with Crippen molar-refractivity contribution in [1.82, 2.24) is 10.6 Å². The Hall–Kier alpha value is -1.55. The molecule has 0 heterocycles. The monoisotopic (exact) mass is 220 g/mol. The highest BCUT2D eigenvalue weighted by Crippen LogP contribution is 2.10. The van der Waals surface area contributed by atoms with Crippen LogP contribution < -0.4 is 16.4 Å². The van der Waals surface area contributed by atoms with Gasteiger partial charge in [-0.15, -0.1) is 0 Å². The van der Waals surface area contributed by atoms with Gasteiger partial charge in [-0.25, -0.2) is 0 Å². The maximum atomic E-state index is 7.00. The molecule has 0 aliphatic rings. The number of benzene rings is 1. The zero-order valence-electron chi connectivity index (χ0n) is 9.66. The number of nitrogens with one attached hydrogen (secondary N) is 3. The maximum Gasteiger partial charge on any atom is 0.185 e. The van der Waals surface area contributed by atoms with Crippen molar-refractivity contribution in [2.45, 2.75) is 19.4 Å². The van der Waals surface area contributed by atoms with Gasteiger partial charge < -0.3 is 16.4 Å². The van der Waals surface area contributed by atoms with Crippen LogP contribution in [0.25, 0.3) is 0 Å². The van der Waals surface area contributed by atoms with E-state index in [1.165, 1.54) is 5.56 Å². The minimum Gasteiger partial charge on any atom is -0.370 e. The molecule has 0 saturated carbocycles. The van der Waals surface area contributed by atoms with Crippen LogP contribution in [-0.4, -0.2) is 19.0 Å². The van der Waals surface area contributed by atoms with E-state index in [-0.39, 0.29) is 5.96 Å². The second-order valence-corrected chi connectivity index (χ2v) is 3.78. The molecule has 16 heavy (non-hydrogen) atoms. The molecule has 0 aliphatic heterocycles. The third kappa shape index (κ3) is 4.79. The minimum absolute atomic E-state index is 0.0381. The van der Waals surface area contributed by atoms with Crippen LogP contribution in [0.2, 0.25) is 0 Å². The van der Waals surface area contributed by atoms with E-state index in [4.69, 9.17) is 11.1 Å². The van der Waals surface area contributed by atoms with Crippen LogP contribution in [0, 0.1) is 5.41 Å². The topological polar surface area (TPSA) is 73.9 Å². The van der Waals surface area contributed by atoms with Gasteiger partial charge in [0.25, 0.3) is 0 Å². The first-order chi connectivity index (χ1) is 7.70. The molecule has 0 aliphatic carbocycles. The fourth-order valence-corrected chi connectivity index (χ4v) is 1.49. The van der Waals surface area contributed by atoms with Gasteiger partial charge in [0, 0.05) is 12.6 Å². The lowest BCUT2D eigenvalue weighted by molar-refractivity contribution is 0.555. The summed E-state index contributed by atoms with van der Waals surface area (Å²) < 4.78 is 0. The summed E-state index contributed by atoms with van der Waals surface area (Å²) in [6, 6.07) is 10.7. The summed E-state index contributed by atoms with van der Waals surface area (Å²) in [5, 5.41) is 13.2. The van der Waals surface area contributed by atoms with E-state index in [9.17, 15) is 0 Å². The van der Waals surface area contributed by atoms with Crippen molar-refractivity contribution in [3.8, 4) is 0 Å². The number of nitrogens with two attached hydrogens (primary N) is 1. The third-order valence-electron chi connectivity index (χ3n) is 2.42. The lowest BCUT2D eigenvalue weighted by atomic mass is 10.1. The summed E-state index contributed by atoms with van der Waals surface area (Å²) >= 11 is 0. The predicted octanol–water partition coefficient (Wildman–Crippen LogP) is 1.21. The molecule has 1 atom stereocenters. The van der Waals surface area contributed by atoms with Crippen molar-refractivity contribution in [2.75, 3.05) is 13.1 Å². The molecule has 0 spiro atoms. The van der Waals surface area contributed by atoms with Crippen molar-refractivity contribution in [1.29, 1.82) is 5.41 Å². The molecule has 0 bridgehead atoms. The lowest BCUT2D eigenvalue weighted by Crippen LogP contribution is -2.32. The zero-order chi connectivity index (χ0) is 11.8. The van der Waals surface area contributed by atoms with Gasteiger partial charge in [0.1, 0.15) is 0 Å². The SMILES string of the molecule is CC(NCCCNC(=N)N)c1ccccc1. The minimum atomic E-state index is 0.0381. The van der Waals surface area contributed by atoms with Crippen LogP contribution in [0.3, 0.4) is 0 Å². The summed E-state index contributed by atoms with van der Waals surface area (Å²) in [6.45, 7) is 3.80. The first kappa shape index (κ1) is 12.5. The van der Waals surface area contributed by atoms with E-state index in [1.807, 2.05) is 18.2 Å². The van der Waals surface area contributed by atoms with Crippen molar-refractivity contribution in [2.24, 2.45) is 5.73 Å². The molecule has 0 aromatic heterocycles. The smallest absolute Gasteiger partial charge is 0.185 e. The average molecular weight is 220 g/mol. The standard InChI is InChI=1S/C12H20N4/c1-10(11-6-3-2-4-7-11)15-8-5-9-16-12(13)14/h2-4,6-7,10,15H,5,8-9H2,1H3,(H4,13,14,16). The summed E-state index contributed by atoms with van der Waals surface area (Å²) in [4.78, 5) is 0. The maximum absolute atomic E-state index is 7.00. The van der Waals surface area contributed by atoms with Crippen molar-refractivity contribution < 1.29 is 0 Å². The summed E-state index contributed by atoms with van der Waals surface area (Å²) in [7, 11) is 0. The largest absolute Gasteiger partial charge is 0.370 e. The van der Waals surface area contributed by atoms with Crippen LogP contribution in [-0.2, 0) is 0 Å². The van der Waals surface area contributed by atoms with Gasteiger partial charge in [-0.3, -0.25) is 5.41 Å². The second kappa shape index (κ2) is 6.85. The van der Waals surface area contributed by atoms with Gasteiger partial charge in [-0.05, 0) is 25.5 Å². The Kier molecular flexibility index (Phi) is 5.36. The number of guanidine groups is 1. The van der Waals surface area contributed by atoms with Gasteiger partial charge in [0.15, 0.2) is 5.96 Å². The lowest BCUT2D eigenvalue weighted by Gasteiger charge is -2.14. The molecule has 1 aromatic rings. The van der Waals surface area contributed by atoms with Gasteiger partial charge in [0.2, 0.25) is 0 Å². The molecule has 4 heteroatoms. The van der Waals surface area contributed by atoms with E-state index in [0.29, 0.717) is 6.04 Å². The van der Waals surface area contributed by atoms with Crippen LogP contribution in [0.5, 0.6) is 0 Å². The van der Waals surface area contributed by atoms with Crippen molar-refractivity contribution in [3.05, 3.63) is 35.9 Å². The van der Waals surface area contributed by atoms with E-state index in [0.717, 1.165) is 19.5 Å². The molecule has 0 amide bonds. The van der Waals surface area contributed by atoms with Gasteiger partial charge in [-0.1, -0.05) is 30.3 Å². The van der Waals surface area contributed by atoms with Crippen molar-refractivity contribution >= 4 is 5.96 Å². The average Bonchev–Trinajstić information content (AvgIpc) is 2.29. The van der Waals surface area contributed by atoms with E-state index < -0.39 is 0 Å². The van der Waals surface area contributed by atoms with E-state index in [2.05, 4.69) is 29.7 Å². The van der Waals surface area contributed by atoms with Crippen LogP contribution in [0.15, 0.2) is 30.3 Å². The highest BCUT2D eigenvalue weighted by atomic mass is 15.0. The molecular weight excluding hydrogens is 200 g/mol. The summed E-state index contributed by atoms with van der Waals surface area (Å²) in [5.41, 5.74) is 6.47. The van der Waals surface area contributed by atoms with E-state index in [1.54, 1.807) is 0 Å². The Morgan fingerprint density at radius 3 is 2.62 bits per heavy atom. The number of rotatable bonds is 6. The third-order valence-corrected chi connectivity index (χ3v) is 2.42. The fourth-order valence-electron chi connectivity index (χ4n) is 1.49. The van der Waals surface area contributed by atoms with Crippen molar-refractivity contribution in [3.63, 3.8) is 0 Å². The molecule has 4 nitrogen and oxygen atoms in total. The molecule has 0 saturated heterocycles. The second-order valence-electron chi connectivity index (χ2n) is 3.78. The molecule has 0 fully saturated rings. The summed E-state index contributed by atoms with van der Waals surface area (Å²) in [6.07, 6.45) is 0.955. The Balaban J connectivity index is 2.16. The highest BCUT2D eigenvalue weighted by molar-refractivity contribution is 5.74. The first-order valence-corrected chi connectivity index (χ1v) is 5.56. The molecule has 0 radical (unpaired) electrons. The Bertz CT molecular complexity index is 310. The van der Waals surface area contributed by atoms with Gasteiger partial charge in [0.05, 0.1) is 0 Å². The zero-order valence-corrected chi connectivity index (χ0v) is 9.66. The molecule has 1 aromatic carbocycles. The molecule has 1 unspecified atom stereocenters. The first-order valence-electron chi connectivity index (χ1n) is 5.56. The van der Waals surface area contributed by atoms with Crippen LogP contribution in [0.4, 0.5) is 0 Å². The summed E-state index contributed by atoms with van der Waals surface area (Å²) in [5.74, 6) is 0.0381. The van der Waals surface area contributed by atoms with Gasteiger partial charge >= 0.3 is 0 Å². The van der Waals surface area contributed by atoms with E-state index >= 15 is 0 Å². The van der Waals surface area contributed by atoms with Crippen LogP contribution >= 0.6 is 0 Å². The number of hydrogen-bond acceptors (Lipinski definition) is 2. The number of hydrogen-bond donors (Lipinski definition) is 4. The van der Waals surface area contributed by atoms with Crippen LogP contribution in [0.1, 0.15) is 24.9 Å². The molecular formula is C12H20N4. The predicted molar refractivity (Wildman–Crippen MR) is 67.4 cm³/mol. The normalized spacial score (nSPS) is 12.1. The van der Waals surface area contributed by atoms with Gasteiger partial charge in [-0.2, -0.15) is 0 Å². The molecule has 1 rings (SSSR count). The fraction of sp³-hybridized carbons (Fsp3) is 0.417. The Morgan fingerprint density at radius 1 is 1.31 bits per heavy atom. The molecule has 88 valence electrons.